The van der Waals surface area contributed by atoms with E-state index in [0.29, 0.717) is 21.7 Å². The number of hydrogen-bond donors (Lipinski definition) is 1. The van der Waals surface area contributed by atoms with E-state index in [1.807, 2.05) is 0 Å². The second-order valence-corrected chi connectivity index (χ2v) is 6.06. The number of hydrogen-bond acceptors (Lipinski definition) is 2. The number of ether oxygens (including phenoxy) is 1. The molecule has 20 heavy (non-hydrogen) atoms. The average molecular weight is 316 g/mol. The summed E-state index contributed by atoms with van der Waals surface area (Å²) in [6.45, 7) is 2.14. The molecule has 5 heteroatoms. The van der Waals surface area contributed by atoms with Gasteiger partial charge < -0.3 is 10.1 Å². The van der Waals surface area contributed by atoms with Gasteiger partial charge in [0.15, 0.2) is 6.61 Å². The SMILES string of the molecule is C[C@@H]1CCCC[C@H]1NC(=O)COc1cccc(Cl)c1Cl. The first-order chi connectivity index (χ1) is 9.58. The molecule has 1 N–H and O–H groups in total. The van der Waals surface area contributed by atoms with Gasteiger partial charge in [0.2, 0.25) is 0 Å². The van der Waals surface area contributed by atoms with E-state index in [9.17, 15) is 4.79 Å². The first kappa shape index (κ1) is 15.5. The smallest absolute Gasteiger partial charge is 0.258 e. The minimum atomic E-state index is -0.111. The van der Waals surface area contributed by atoms with Gasteiger partial charge in [-0.15, -0.1) is 0 Å². The van der Waals surface area contributed by atoms with E-state index in [-0.39, 0.29) is 18.6 Å². The lowest BCUT2D eigenvalue weighted by atomic mass is 9.86. The molecule has 0 unspecified atom stereocenters. The third-order valence-corrected chi connectivity index (χ3v) is 4.53. The Balaban J connectivity index is 1.84. The number of carbonyl (C=O) groups is 1. The average Bonchev–Trinajstić information content (AvgIpc) is 2.43. The number of halogens is 2. The summed E-state index contributed by atoms with van der Waals surface area (Å²) in [5.41, 5.74) is 0. The summed E-state index contributed by atoms with van der Waals surface area (Å²) in [6.07, 6.45) is 4.65. The van der Waals surface area contributed by atoms with Crippen LogP contribution in [0.4, 0.5) is 0 Å². The van der Waals surface area contributed by atoms with E-state index < -0.39 is 0 Å². The highest BCUT2D eigenvalue weighted by Gasteiger charge is 2.22. The van der Waals surface area contributed by atoms with E-state index in [1.165, 1.54) is 19.3 Å². The molecule has 0 bridgehead atoms. The third kappa shape index (κ3) is 4.03. The van der Waals surface area contributed by atoms with Gasteiger partial charge in [0.1, 0.15) is 10.8 Å². The number of rotatable bonds is 4. The number of amides is 1. The fourth-order valence-corrected chi connectivity index (χ4v) is 2.86. The molecule has 1 aliphatic carbocycles. The van der Waals surface area contributed by atoms with Gasteiger partial charge in [-0.25, -0.2) is 0 Å². The Labute approximate surface area is 129 Å². The van der Waals surface area contributed by atoms with Crippen molar-refractivity contribution in [2.45, 2.75) is 38.6 Å². The third-order valence-electron chi connectivity index (χ3n) is 3.73. The predicted octanol–water partition coefficient (Wildman–Crippen LogP) is 4.07. The minimum absolute atomic E-state index is 0.0384. The first-order valence-electron chi connectivity index (χ1n) is 6.94. The van der Waals surface area contributed by atoms with Crippen LogP contribution < -0.4 is 10.1 Å². The fourth-order valence-electron chi connectivity index (χ4n) is 2.52. The van der Waals surface area contributed by atoms with E-state index in [1.54, 1.807) is 18.2 Å². The second-order valence-electron chi connectivity index (χ2n) is 5.28. The lowest BCUT2D eigenvalue weighted by Gasteiger charge is -2.29. The Kier molecular flexibility index (Phi) is 5.55. The van der Waals surface area contributed by atoms with Crippen LogP contribution in [0.2, 0.25) is 10.0 Å². The molecule has 2 rings (SSSR count). The molecule has 110 valence electrons. The zero-order chi connectivity index (χ0) is 14.5. The first-order valence-corrected chi connectivity index (χ1v) is 7.69. The van der Waals surface area contributed by atoms with E-state index in [2.05, 4.69) is 12.2 Å². The van der Waals surface area contributed by atoms with Crippen molar-refractivity contribution in [1.29, 1.82) is 0 Å². The van der Waals surface area contributed by atoms with Crippen LogP contribution in [0.3, 0.4) is 0 Å². The standard InChI is InChI=1S/C15H19Cl2NO2/c1-10-5-2-3-7-12(10)18-14(19)9-20-13-8-4-6-11(16)15(13)17/h4,6,8,10,12H,2-3,5,7,9H2,1H3,(H,18,19)/t10-,12-/m1/s1. The van der Waals surface area contributed by atoms with Gasteiger partial charge in [0, 0.05) is 6.04 Å². The van der Waals surface area contributed by atoms with Crippen molar-refractivity contribution in [2.24, 2.45) is 5.92 Å². The molecule has 1 aromatic carbocycles. The van der Waals surface area contributed by atoms with Crippen molar-refractivity contribution in [2.75, 3.05) is 6.61 Å². The number of nitrogens with one attached hydrogen (secondary N) is 1. The molecule has 1 aromatic rings. The lowest BCUT2D eigenvalue weighted by Crippen LogP contribution is -2.43. The molecule has 1 amide bonds. The van der Waals surface area contributed by atoms with E-state index in [0.717, 1.165) is 6.42 Å². The molecule has 1 aliphatic rings. The van der Waals surface area contributed by atoms with Crippen molar-refractivity contribution in [1.82, 2.24) is 5.32 Å². The van der Waals surface area contributed by atoms with Crippen molar-refractivity contribution in [3.8, 4) is 5.75 Å². The Morgan fingerprint density at radius 3 is 2.85 bits per heavy atom. The van der Waals surface area contributed by atoms with Crippen molar-refractivity contribution in [3.63, 3.8) is 0 Å². The molecule has 1 fully saturated rings. The van der Waals surface area contributed by atoms with E-state index >= 15 is 0 Å². The van der Waals surface area contributed by atoms with Crippen molar-refractivity contribution in [3.05, 3.63) is 28.2 Å². The molecule has 2 atom stereocenters. The van der Waals surface area contributed by atoms with Gasteiger partial charge in [0.25, 0.3) is 5.91 Å². The van der Waals surface area contributed by atoms with Crippen LogP contribution in [0.25, 0.3) is 0 Å². The van der Waals surface area contributed by atoms with Crippen molar-refractivity contribution < 1.29 is 9.53 Å². The van der Waals surface area contributed by atoms with Crippen LogP contribution in [0.15, 0.2) is 18.2 Å². The summed E-state index contributed by atoms with van der Waals surface area (Å²) in [5.74, 6) is 0.855. The molecule has 3 nitrogen and oxygen atoms in total. The lowest BCUT2D eigenvalue weighted by molar-refractivity contribution is -0.124. The molecular formula is C15H19Cl2NO2. The topological polar surface area (TPSA) is 38.3 Å². The quantitative estimate of drug-likeness (QED) is 0.909. The summed E-state index contributed by atoms with van der Waals surface area (Å²) in [5, 5.41) is 3.80. The number of carbonyl (C=O) groups excluding carboxylic acids is 1. The second kappa shape index (κ2) is 7.19. The van der Waals surface area contributed by atoms with Gasteiger partial charge in [-0.3, -0.25) is 4.79 Å². The van der Waals surface area contributed by atoms with Crippen LogP contribution in [-0.2, 0) is 4.79 Å². The summed E-state index contributed by atoms with van der Waals surface area (Å²) in [4.78, 5) is 11.9. The van der Waals surface area contributed by atoms with Gasteiger partial charge in [-0.2, -0.15) is 0 Å². The molecule has 0 aliphatic heterocycles. The van der Waals surface area contributed by atoms with Gasteiger partial charge in [0.05, 0.1) is 5.02 Å². The van der Waals surface area contributed by atoms with Crippen LogP contribution in [-0.4, -0.2) is 18.6 Å². The van der Waals surface area contributed by atoms with Crippen LogP contribution in [0.5, 0.6) is 5.75 Å². The largest absolute Gasteiger partial charge is 0.482 e. The fraction of sp³-hybridized carbons (Fsp3) is 0.533. The summed E-state index contributed by atoms with van der Waals surface area (Å²) >= 11 is 11.9. The predicted molar refractivity (Wildman–Crippen MR) is 81.5 cm³/mol. The highest BCUT2D eigenvalue weighted by Crippen LogP contribution is 2.31. The Hall–Kier alpha value is -0.930. The van der Waals surface area contributed by atoms with Crippen LogP contribution in [0, 0.1) is 5.92 Å². The maximum atomic E-state index is 11.9. The Morgan fingerprint density at radius 1 is 1.35 bits per heavy atom. The molecule has 0 radical (unpaired) electrons. The molecule has 0 saturated heterocycles. The maximum absolute atomic E-state index is 11.9. The molecule has 1 saturated carbocycles. The maximum Gasteiger partial charge on any atom is 0.258 e. The van der Waals surface area contributed by atoms with Gasteiger partial charge in [-0.05, 0) is 30.9 Å². The Bertz CT molecular complexity index is 479. The normalized spacial score (nSPS) is 22.4. The highest BCUT2D eigenvalue weighted by molar-refractivity contribution is 6.42. The summed E-state index contributed by atoms with van der Waals surface area (Å²) in [6, 6.07) is 5.38. The minimum Gasteiger partial charge on any atom is -0.482 e. The zero-order valence-electron chi connectivity index (χ0n) is 11.5. The van der Waals surface area contributed by atoms with Crippen molar-refractivity contribution >= 4 is 29.1 Å². The monoisotopic (exact) mass is 315 g/mol. The number of benzene rings is 1. The van der Waals surface area contributed by atoms with Gasteiger partial charge in [-0.1, -0.05) is 49.0 Å². The van der Waals surface area contributed by atoms with Crippen LogP contribution in [0.1, 0.15) is 32.6 Å². The zero-order valence-corrected chi connectivity index (χ0v) is 13.0. The van der Waals surface area contributed by atoms with Crippen LogP contribution >= 0.6 is 23.2 Å². The molecule has 0 heterocycles. The highest BCUT2D eigenvalue weighted by atomic mass is 35.5. The van der Waals surface area contributed by atoms with E-state index in [4.69, 9.17) is 27.9 Å². The Morgan fingerprint density at radius 2 is 2.10 bits per heavy atom. The molecule has 0 aromatic heterocycles. The van der Waals surface area contributed by atoms with Gasteiger partial charge >= 0.3 is 0 Å². The molecule has 0 spiro atoms. The summed E-state index contributed by atoms with van der Waals surface area (Å²) < 4.78 is 5.43. The summed E-state index contributed by atoms with van der Waals surface area (Å²) in [7, 11) is 0. The molecular weight excluding hydrogens is 297 g/mol.